The SMILES string of the molecule is Cc1cc(C)c(S(=O)(=O)NCCN([C@@H]2CS(=O)(=O)C[C@H]2O)S(=O)(=O)c2cc(C)c(C)cc2C)cc1C. The van der Waals surface area contributed by atoms with Gasteiger partial charge in [-0.25, -0.2) is 30.0 Å². The molecule has 2 atom stereocenters. The van der Waals surface area contributed by atoms with Crippen LogP contribution < -0.4 is 4.72 Å². The van der Waals surface area contributed by atoms with E-state index >= 15 is 0 Å². The lowest BCUT2D eigenvalue weighted by molar-refractivity contribution is 0.128. The van der Waals surface area contributed by atoms with Gasteiger partial charge in [0.1, 0.15) is 0 Å². The monoisotopic (exact) mass is 558 g/mol. The van der Waals surface area contributed by atoms with Gasteiger partial charge in [0.25, 0.3) is 0 Å². The van der Waals surface area contributed by atoms with Gasteiger partial charge in [0, 0.05) is 13.1 Å². The van der Waals surface area contributed by atoms with Gasteiger partial charge in [0.05, 0.1) is 33.4 Å². The van der Waals surface area contributed by atoms with Gasteiger partial charge >= 0.3 is 0 Å². The molecular formula is C24H34N2O7S3. The lowest BCUT2D eigenvalue weighted by atomic mass is 10.1. The summed E-state index contributed by atoms with van der Waals surface area (Å²) in [4.78, 5) is 0.0865. The lowest BCUT2D eigenvalue weighted by Gasteiger charge is -2.30. The molecule has 0 amide bonds. The number of hydrogen-bond acceptors (Lipinski definition) is 7. The average molecular weight is 559 g/mol. The Kier molecular flexibility index (Phi) is 8.10. The lowest BCUT2D eigenvalue weighted by Crippen LogP contribution is -2.49. The molecule has 2 aromatic rings. The highest BCUT2D eigenvalue weighted by Crippen LogP contribution is 2.29. The Balaban J connectivity index is 1.96. The van der Waals surface area contributed by atoms with E-state index in [1.165, 1.54) is 6.07 Å². The maximum Gasteiger partial charge on any atom is 0.243 e. The minimum Gasteiger partial charge on any atom is -0.390 e. The topological polar surface area (TPSA) is 138 Å². The molecule has 0 unspecified atom stereocenters. The van der Waals surface area contributed by atoms with Crippen molar-refractivity contribution in [2.75, 3.05) is 24.6 Å². The highest BCUT2D eigenvalue weighted by Gasteiger charge is 2.45. The van der Waals surface area contributed by atoms with E-state index < -0.39 is 53.5 Å². The fourth-order valence-corrected chi connectivity index (χ4v) is 9.65. The Morgan fingerprint density at radius 2 is 1.28 bits per heavy atom. The number of nitrogens with one attached hydrogen (secondary N) is 1. The van der Waals surface area contributed by atoms with Gasteiger partial charge < -0.3 is 5.11 Å². The molecule has 0 bridgehead atoms. The fraction of sp³-hybridized carbons (Fsp3) is 0.500. The molecule has 1 aliphatic rings. The van der Waals surface area contributed by atoms with Crippen molar-refractivity contribution >= 4 is 29.9 Å². The summed E-state index contributed by atoms with van der Waals surface area (Å²) in [5.41, 5.74) is 4.42. The van der Waals surface area contributed by atoms with Gasteiger partial charge in [0.2, 0.25) is 20.0 Å². The quantitative estimate of drug-likeness (QED) is 0.503. The first-order chi connectivity index (χ1) is 16.5. The number of sulfone groups is 1. The van der Waals surface area contributed by atoms with E-state index in [0.717, 1.165) is 26.6 Å². The molecule has 2 aromatic carbocycles. The van der Waals surface area contributed by atoms with Crippen molar-refractivity contribution in [2.45, 2.75) is 63.5 Å². The van der Waals surface area contributed by atoms with Gasteiger partial charge in [-0.15, -0.1) is 0 Å². The number of sulfonamides is 2. The number of nitrogens with zero attached hydrogens (tertiary/aromatic N) is 1. The van der Waals surface area contributed by atoms with Crippen molar-refractivity contribution in [1.29, 1.82) is 0 Å². The first kappa shape index (κ1) is 28.7. The van der Waals surface area contributed by atoms with Crippen molar-refractivity contribution in [2.24, 2.45) is 0 Å². The van der Waals surface area contributed by atoms with E-state index in [2.05, 4.69) is 4.72 Å². The van der Waals surface area contributed by atoms with Crippen molar-refractivity contribution in [3.63, 3.8) is 0 Å². The summed E-state index contributed by atoms with van der Waals surface area (Å²) in [6.07, 6.45) is -1.42. The molecule has 0 spiro atoms. The highest BCUT2D eigenvalue weighted by atomic mass is 32.2. The number of hydrogen-bond donors (Lipinski definition) is 2. The van der Waals surface area contributed by atoms with Crippen LogP contribution in [0.25, 0.3) is 0 Å². The molecule has 1 heterocycles. The second kappa shape index (κ2) is 10.1. The zero-order valence-electron chi connectivity index (χ0n) is 21.4. The summed E-state index contributed by atoms with van der Waals surface area (Å²) in [6.45, 7) is 9.97. The average Bonchev–Trinajstić information content (AvgIpc) is 3.02. The van der Waals surface area contributed by atoms with Crippen LogP contribution in [0.5, 0.6) is 0 Å². The van der Waals surface area contributed by atoms with Gasteiger partial charge in [0.15, 0.2) is 9.84 Å². The molecule has 200 valence electrons. The number of aliphatic hydroxyl groups excluding tert-OH is 1. The van der Waals surface area contributed by atoms with E-state index in [9.17, 15) is 30.4 Å². The Morgan fingerprint density at radius 1 is 0.806 bits per heavy atom. The number of benzene rings is 2. The normalized spacial score (nSPS) is 20.2. The van der Waals surface area contributed by atoms with Crippen molar-refractivity contribution in [3.05, 3.63) is 57.6 Å². The Hall–Kier alpha value is -1.83. The fourth-order valence-electron chi connectivity index (χ4n) is 4.48. The zero-order chi connectivity index (χ0) is 27.2. The Labute approximate surface area is 214 Å². The second-order valence-corrected chi connectivity index (χ2v) is 15.4. The standard InChI is InChI=1S/C24H34N2O7S3/c1-15-9-19(5)23(11-17(15)3)35(30,31)25-7-8-26(21-13-34(28,29)14-22(21)27)36(32,33)24-12-18(4)16(2)10-20(24)6/h9-12,21-22,25,27H,7-8,13-14H2,1-6H3/t21-,22-/m1/s1. The molecule has 0 aromatic heterocycles. The molecule has 0 saturated carbocycles. The summed E-state index contributed by atoms with van der Waals surface area (Å²) in [6, 6.07) is 5.35. The number of aryl methyl sites for hydroxylation is 6. The van der Waals surface area contributed by atoms with Crippen LogP contribution in [0.15, 0.2) is 34.1 Å². The van der Waals surface area contributed by atoms with Crippen LogP contribution in [0.4, 0.5) is 0 Å². The molecule has 36 heavy (non-hydrogen) atoms. The first-order valence-corrected chi connectivity index (χ1v) is 16.3. The summed E-state index contributed by atoms with van der Waals surface area (Å²) < 4.78 is 81.4. The van der Waals surface area contributed by atoms with E-state index in [1.54, 1.807) is 45.9 Å². The van der Waals surface area contributed by atoms with Crippen LogP contribution in [0.3, 0.4) is 0 Å². The van der Waals surface area contributed by atoms with Crippen LogP contribution in [0, 0.1) is 41.5 Å². The molecule has 1 aliphatic heterocycles. The van der Waals surface area contributed by atoms with E-state index in [1.807, 2.05) is 13.8 Å². The van der Waals surface area contributed by atoms with Crippen LogP contribution >= 0.6 is 0 Å². The molecule has 1 saturated heterocycles. The molecular weight excluding hydrogens is 524 g/mol. The third-order valence-electron chi connectivity index (χ3n) is 6.75. The molecule has 1 fully saturated rings. The first-order valence-electron chi connectivity index (χ1n) is 11.5. The summed E-state index contributed by atoms with van der Waals surface area (Å²) in [7, 11) is -11.9. The third-order valence-corrected chi connectivity index (χ3v) is 12.1. The Bertz CT molecular complexity index is 1500. The number of rotatable bonds is 8. The van der Waals surface area contributed by atoms with Gasteiger partial charge in [-0.3, -0.25) is 0 Å². The van der Waals surface area contributed by atoms with Crippen molar-refractivity contribution < 1.29 is 30.4 Å². The second-order valence-electron chi connectivity index (χ2n) is 9.63. The Morgan fingerprint density at radius 3 is 1.78 bits per heavy atom. The van der Waals surface area contributed by atoms with Crippen LogP contribution in [-0.2, 0) is 29.9 Å². The molecule has 2 N–H and O–H groups in total. The number of aliphatic hydroxyl groups is 1. The van der Waals surface area contributed by atoms with Crippen molar-refractivity contribution in [1.82, 2.24) is 9.03 Å². The minimum absolute atomic E-state index is 0.00467. The molecule has 3 rings (SSSR count). The van der Waals surface area contributed by atoms with E-state index in [-0.39, 0.29) is 22.9 Å². The predicted molar refractivity (Wildman–Crippen MR) is 139 cm³/mol. The molecule has 0 radical (unpaired) electrons. The van der Waals surface area contributed by atoms with Gasteiger partial charge in [-0.2, -0.15) is 4.31 Å². The third kappa shape index (κ3) is 5.84. The molecule has 12 heteroatoms. The highest BCUT2D eigenvalue weighted by molar-refractivity contribution is 7.92. The maximum absolute atomic E-state index is 13.8. The van der Waals surface area contributed by atoms with E-state index in [0.29, 0.717) is 11.1 Å². The summed E-state index contributed by atoms with van der Waals surface area (Å²) in [5, 5.41) is 10.5. The van der Waals surface area contributed by atoms with Crippen LogP contribution in [-0.4, -0.2) is 71.4 Å². The van der Waals surface area contributed by atoms with Crippen LogP contribution in [0.1, 0.15) is 33.4 Å². The zero-order valence-corrected chi connectivity index (χ0v) is 23.8. The maximum atomic E-state index is 13.8. The van der Waals surface area contributed by atoms with Gasteiger partial charge in [-0.05, 0) is 87.1 Å². The van der Waals surface area contributed by atoms with E-state index in [4.69, 9.17) is 0 Å². The molecule has 0 aliphatic carbocycles. The largest absolute Gasteiger partial charge is 0.390 e. The smallest absolute Gasteiger partial charge is 0.243 e. The predicted octanol–water partition coefficient (Wildman–Crippen LogP) is 1.66. The van der Waals surface area contributed by atoms with Gasteiger partial charge in [-0.1, -0.05) is 12.1 Å². The van der Waals surface area contributed by atoms with Crippen molar-refractivity contribution in [3.8, 4) is 0 Å². The minimum atomic E-state index is -4.27. The molecule has 9 nitrogen and oxygen atoms in total. The summed E-state index contributed by atoms with van der Waals surface area (Å²) in [5.74, 6) is -1.09. The van der Waals surface area contributed by atoms with Crippen LogP contribution in [0.2, 0.25) is 0 Å². The summed E-state index contributed by atoms with van der Waals surface area (Å²) >= 11 is 0.